The van der Waals surface area contributed by atoms with Gasteiger partial charge in [0.1, 0.15) is 5.82 Å². The summed E-state index contributed by atoms with van der Waals surface area (Å²) in [4.78, 5) is 16.8. The van der Waals surface area contributed by atoms with E-state index in [0.29, 0.717) is 9.82 Å². The molecule has 3 rings (SSSR count). The standard InChI is InChI=1S/C15H9Cl2FN2OS/c1-20-12-5-3-9(18)7-13(12)22-15(20)19-14(21)10-4-2-8(16)6-11(10)17/h2-7H,1H3. The molecule has 1 amide bonds. The van der Waals surface area contributed by atoms with E-state index in [1.807, 2.05) is 0 Å². The summed E-state index contributed by atoms with van der Waals surface area (Å²) < 4.78 is 15.7. The number of aromatic nitrogens is 1. The van der Waals surface area contributed by atoms with Gasteiger partial charge in [-0.25, -0.2) is 4.39 Å². The van der Waals surface area contributed by atoms with Gasteiger partial charge in [-0.05, 0) is 36.4 Å². The molecule has 0 aliphatic heterocycles. The quantitative estimate of drug-likeness (QED) is 0.636. The third-order valence-electron chi connectivity index (χ3n) is 3.13. The van der Waals surface area contributed by atoms with Crippen molar-refractivity contribution in [3.05, 3.63) is 62.6 Å². The monoisotopic (exact) mass is 354 g/mol. The zero-order valence-corrected chi connectivity index (χ0v) is 13.6. The Balaban J connectivity index is 2.12. The first-order valence-corrected chi connectivity index (χ1v) is 7.82. The molecule has 0 spiro atoms. The summed E-state index contributed by atoms with van der Waals surface area (Å²) in [6, 6.07) is 9.04. The summed E-state index contributed by atoms with van der Waals surface area (Å²) in [7, 11) is 1.77. The minimum absolute atomic E-state index is 0.246. The lowest BCUT2D eigenvalue weighted by Crippen LogP contribution is -2.13. The first-order chi connectivity index (χ1) is 10.5. The van der Waals surface area contributed by atoms with Crippen LogP contribution in [0.3, 0.4) is 0 Å². The highest BCUT2D eigenvalue weighted by Gasteiger charge is 2.11. The fraction of sp³-hybridized carbons (Fsp3) is 0.0667. The molecule has 7 heteroatoms. The molecule has 22 heavy (non-hydrogen) atoms. The number of amides is 1. The second-order valence-electron chi connectivity index (χ2n) is 4.60. The van der Waals surface area contributed by atoms with E-state index in [1.54, 1.807) is 23.7 Å². The number of nitrogens with zero attached hydrogens (tertiary/aromatic N) is 2. The topological polar surface area (TPSA) is 34.4 Å². The summed E-state index contributed by atoms with van der Waals surface area (Å²) in [5, 5.41) is 0.695. The molecule has 0 aliphatic carbocycles. The minimum Gasteiger partial charge on any atom is -0.319 e. The Morgan fingerprint density at radius 3 is 2.73 bits per heavy atom. The van der Waals surface area contributed by atoms with Crippen LogP contribution in [-0.4, -0.2) is 10.5 Å². The Labute approximate surface area is 139 Å². The summed E-state index contributed by atoms with van der Waals surface area (Å²) in [6.45, 7) is 0. The van der Waals surface area contributed by atoms with Gasteiger partial charge in [-0.3, -0.25) is 4.79 Å². The Morgan fingerprint density at radius 2 is 2.00 bits per heavy atom. The van der Waals surface area contributed by atoms with Crippen LogP contribution in [0.15, 0.2) is 41.4 Å². The molecule has 0 radical (unpaired) electrons. The average molecular weight is 355 g/mol. The highest BCUT2D eigenvalue weighted by Crippen LogP contribution is 2.22. The van der Waals surface area contributed by atoms with E-state index in [-0.39, 0.29) is 16.4 Å². The number of fused-ring (bicyclic) bond motifs is 1. The lowest BCUT2D eigenvalue weighted by atomic mass is 10.2. The van der Waals surface area contributed by atoms with Gasteiger partial charge in [0.05, 0.1) is 20.8 Å². The number of aryl methyl sites for hydroxylation is 1. The minimum atomic E-state index is -0.468. The van der Waals surface area contributed by atoms with Gasteiger partial charge in [0.25, 0.3) is 5.91 Å². The van der Waals surface area contributed by atoms with Crippen molar-refractivity contribution < 1.29 is 9.18 Å². The second kappa shape index (κ2) is 5.83. The average Bonchev–Trinajstić information content (AvgIpc) is 2.74. The van der Waals surface area contributed by atoms with Gasteiger partial charge in [-0.2, -0.15) is 4.99 Å². The van der Waals surface area contributed by atoms with Crippen molar-refractivity contribution in [2.24, 2.45) is 12.0 Å². The third kappa shape index (κ3) is 2.79. The van der Waals surface area contributed by atoms with E-state index < -0.39 is 5.91 Å². The predicted octanol–water partition coefficient (Wildman–Crippen LogP) is 4.43. The van der Waals surface area contributed by atoms with Crippen LogP contribution in [0.25, 0.3) is 10.2 Å². The molecule has 0 bridgehead atoms. The van der Waals surface area contributed by atoms with Crippen LogP contribution in [-0.2, 0) is 7.05 Å². The zero-order chi connectivity index (χ0) is 15.9. The Bertz CT molecular complexity index is 962. The van der Waals surface area contributed by atoms with E-state index in [4.69, 9.17) is 23.2 Å². The van der Waals surface area contributed by atoms with Crippen molar-refractivity contribution in [2.45, 2.75) is 0 Å². The first-order valence-electron chi connectivity index (χ1n) is 6.25. The lowest BCUT2D eigenvalue weighted by Gasteiger charge is -1.99. The molecule has 1 aromatic heterocycles. The fourth-order valence-electron chi connectivity index (χ4n) is 2.02. The van der Waals surface area contributed by atoms with Crippen molar-refractivity contribution in [3.63, 3.8) is 0 Å². The van der Waals surface area contributed by atoms with Crippen molar-refractivity contribution >= 4 is 50.7 Å². The summed E-state index contributed by atoms with van der Waals surface area (Å²) >= 11 is 13.1. The summed E-state index contributed by atoms with van der Waals surface area (Å²) in [5.41, 5.74) is 1.08. The predicted molar refractivity (Wildman–Crippen MR) is 87.1 cm³/mol. The Hall–Kier alpha value is -1.69. The number of carbonyl (C=O) groups is 1. The van der Waals surface area contributed by atoms with Crippen molar-refractivity contribution in [1.82, 2.24) is 4.57 Å². The Morgan fingerprint density at radius 1 is 1.23 bits per heavy atom. The Kier molecular flexibility index (Phi) is 4.04. The number of halogens is 3. The lowest BCUT2D eigenvalue weighted by molar-refractivity contribution is 0.0998. The molecular weight excluding hydrogens is 346 g/mol. The third-order valence-corrected chi connectivity index (χ3v) is 4.77. The molecule has 0 N–H and O–H groups in total. The van der Waals surface area contributed by atoms with E-state index >= 15 is 0 Å². The van der Waals surface area contributed by atoms with Crippen molar-refractivity contribution in [3.8, 4) is 0 Å². The summed E-state index contributed by atoms with van der Waals surface area (Å²) in [5.74, 6) is -0.794. The molecule has 0 aliphatic rings. The maximum Gasteiger partial charge on any atom is 0.281 e. The maximum absolute atomic E-state index is 13.3. The van der Waals surface area contributed by atoms with Crippen LogP contribution in [0.2, 0.25) is 10.0 Å². The molecule has 0 unspecified atom stereocenters. The SMILES string of the molecule is Cn1c(=NC(=O)c2ccc(Cl)cc2Cl)sc2cc(F)ccc21. The molecule has 1 heterocycles. The largest absolute Gasteiger partial charge is 0.319 e. The molecule has 3 aromatic rings. The van der Waals surface area contributed by atoms with E-state index in [9.17, 15) is 9.18 Å². The summed E-state index contributed by atoms with van der Waals surface area (Å²) in [6.07, 6.45) is 0. The molecule has 2 aromatic carbocycles. The first kappa shape index (κ1) is 15.2. The molecule has 0 atom stereocenters. The van der Waals surface area contributed by atoms with Crippen LogP contribution >= 0.6 is 34.5 Å². The molecule has 0 saturated heterocycles. The molecule has 0 saturated carbocycles. The van der Waals surface area contributed by atoms with Gasteiger partial charge in [-0.15, -0.1) is 0 Å². The highest BCUT2D eigenvalue weighted by molar-refractivity contribution is 7.16. The van der Waals surface area contributed by atoms with Gasteiger partial charge >= 0.3 is 0 Å². The van der Waals surface area contributed by atoms with E-state index in [1.165, 1.54) is 35.6 Å². The smallest absolute Gasteiger partial charge is 0.281 e. The number of thiazole rings is 1. The van der Waals surface area contributed by atoms with Gasteiger partial charge in [-0.1, -0.05) is 34.5 Å². The van der Waals surface area contributed by atoms with Gasteiger partial charge in [0.2, 0.25) is 0 Å². The molecule has 3 nitrogen and oxygen atoms in total. The highest BCUT2D eigenvalue weighted by atomic mass is 35.5. The van der Waals surface area contributed by atoms with Crippen LogP contribution in [0.1, 0.15) is 10.4 Å². The van der Waals surface area contributed by atoms with Crippen molar-refractivity contribution in [1.29, 1.82) is 0 Å². The fourth-order valence-corrected chi connectivity index (χ4v) is 3.56. The van der Waals surface area contributed by atoms with Crippen LogP contribution in [0.4, 0.5) is 4.39 Å². The number of rotatable bonds is 1. The normalized spacial score (nSPS) is 12.1. The van der Waals surface area contributed by atoms with Crippen LogP contribution < -0.4 is 4.80 Å². The van der Waals surface area contributed by atoms with Gasteiger partial charge < -0.3 is 4.57 Å². The van der Waals surface area contributed by atoms with E-state index in [2.05, 4.69) is 4.99 Å². The van der Waals surface area contributed by atoms with E-state index in [0.717, 1.165) is 10.2 Å². The van der Waals surface area contributed by atoms with Gasteiger partial charge in [0, 0.05) is 12.1 Å². The number of carbonyl (C=O) groups excluding carboxylic acids is 1. The molecule has 0 fully saturated rings. The number of hydrogen-bond donors (Lipinski definition) is 0. The second-order valence-corrected chi connectivity index (χ2v) is 6.45. The maximum atomic E-state index is 13.3. The van der Waals surface area contributed by atoms with Gasteiger partial charge in [0.15, 0.2) is 4.80 Å². The number of benzene rings is 2. The van der Waals surface area contributed by atoms with Crippen molar-refractivity contribution in [2.75, 3.05) is 0 Å². The molecule has 112 valence electrons. The molecular formula is C15H9Cl2FN2OS. The van der Waals surface area contributed by atoms with Crippen LogP contribution in [0, 0.1) is 5.82 Å². The number of hydrogen-bond acceptors (Lipinski definition) is 2. The zero-order valence-electron chi connectivity index (χ0n) is 11.3. The van der Waals surface area contributed by atoms with Crippen LogP contribution in [0.5, 0.6) is 0 Å².